The Balaban J connectivity index is 2.36. The Morgan fingerprint density at radius 2 is 1.93 bits per heavy atom. The van der Waals surface area contributed by atoms with Gasteiger partial charge in [0.2, 0.25) is 0 Å². The largest absolute Gasteiger partial charge is 0.313 e. The van der Waals surface area contributed by atoms with Gasteiger partial charge < -0.3 is 5.21 Å². The molecule has 1 atom stereocenters. The highest BCUT2D eigenvalue weighted by molar-refractivity contribution is 4.94. The van der Waals surface area contributed by atoms with Crippen molar-refractivity contribution in [3.8, 4) is 0 Å². The van der Waals surface area contributed by atoms with Crippen LogP contribution in [0.2, 0.25) is 0 Å². The molecular formula is C13H25NO. The van der Waals surface area contributed by atoms with E-state index in [-0.39, 0.29) is 0 Å². The lowest BCUT2D eigenvalue weighted by Crippen LogP contribution is -2.37. The number of allylic oxidation sites excluding steroid dienone is 1. The summed E-state index contributed by atoms with van der Waals surface area (Å²) in [4.78, 5) is 0. The highest BCUT2D eigenvalue weighted by Crippen LogP contribution is 2.28. The summed E-state index contributed by atoms with van der Waals surface area (Å²) in [6.07, 6.45) is 8.71. The lowest BCUT2D eigenvalue weighted by atomic mass is 9.84. The number of hydroxylamine groups is 2. The maximum absolute atomic E-state index is 9.91. The van der Waals surface area contributed by atoms with Gasteiger partial charge in [0.1, 0.15) is 0 Å². The van der Waals surface area contributed by atoms with E-state index in [0.717, 1.165) is 0 Å². The summed E-state index contributed by atoms with van der Waals surface area (Å²) >= 11 is 0. The fraction of sp³-hybridized carbons (Fsp3) is 0.846. The topological polar surface area (TPSA) is 23.5 Å². The molecule has 1 N–H and O–H groups in total. The molecule has 0 heterocycles. The zero-order valence-electron chi connectivity index (χ0n) is 10.4. The van der Waals surface area contributed by atoms with Crippen LogP contribution in [0.25, 0.3) is 0 Å². The summed E-state index contributed by atoms with van der Waals surface area (Å²) in [7, 11) is 0. The van der Waals surface area contributed by atoms with Crippen LogP contribution in [0.1, 0.15) is 52.9 Å². The lowest BCUT2D eigenvalue weighted by molar-refractivity contribution is -0.130. The molecule has 0 aromatic rings. The minimum Gasteiger partial charge on any atom is -0.313 e. The first-order valence-electron chi connectivity index (χ1n) is 6.20. The third-order valence-electron chi connectivity index (χ3n) is 3.49. The molecule has 2 nitrogen and oxygen atoms in total. The maximum atomic E-state index is 9.91. The zero-order valence-corrected chi connectivity index (χ0v) is 10.4. The molecular weight excluding hydrogens is 186 g/mol. The predicted molar refractivity (Wildman–Crippen MR) is 64.0 cm³/mol. The van der Waals surface area contributed by atoms with E-state index in [1.165, 1.54) is 42.7 Å². The smallest absolute Gasteiger partial charge is 0.0424 e. The molecule has 0 spiro atoms. The molecule has 1 aliphatic carbocycles. The third-order valence-corrected chi connectivity index (χ3v) is 3.49. The summed E-state index contributed by atoms with van der Waals surface area (Å²) in [5.74, 6) is 0.689. The first-order chi connectivity index (χ1) is 7.11. The van der Waals surface area contributed by atoms with Gasteiger partial charge in [0.15, 0.2) is 0 Å². The van der Waals surface area contributed by atoms with Crippen LogP contribution in [0.4, 0.5) is 0 Å². The molecule has 0 amide bonds. The molecule has 1 saturated carbocycles. The van der Waals surface area contributed by atoms with E-state index in [1.54, 1.807) is 0 Å². The molecule has 0 aliphatic heterocycles. The molecule has 0 aromatic heterocycles. The van der Waals surface area contributed by atoms with Crippen molar-refractivity contribution in [1.29, 1.82) is 0 Å². The number of nitrogens with zero attached hydrogens (tertiary/aromatic N) is 1. The van der Waals surface area contributed by atoms with Crippen LogP contribution >= 0.6 is 0 Å². The average Bonchev–Trinajstić information content (AvgIpc) is 2.26. The van der Waals surface area contributed by atoms with Crippen molar-refractivity contribution in [2.24, 2.45) is 5.92 Å². The van der Waals surface area contributed by atoms with Gasteiger partial charge in [0.05, 0.1) is 0 Å². The van der Waals surface area contributed by atoms with E-state index in [4.69, 9.17) is 0 Å². The van der Waals surface area contributed by atoms with Crippen molar-refractivity contribution in [1.82, 2.24) is 5.06 Å². The molecule has 0 aromatic carbocycles. The van der Waals surface area contributed by atoms with Crippen molar-refractivity contribution in [2.45, 2.75) is 58.9 Å². The summed E-state index contributed by atoms with van der Waals surface area (Å²) < 4.78 is 0. The van der Waals surface area contributed by atoms with E-state index in [0.29, 0.717) is 18.5 Å². The van der Waals surface area contributed by atoms with Crippen LogP contribution < -0.4 is 0 Å². The van der Waals surface area contributed by atoms with Crippen LogP contribution in [0.3, 0.4) is 0 Å². The van der Waals surface area contributed by atoms with Gasteiger partial charge in [-0.25, -0.2) is 0 Å². The third kappa shape index (κ3) is 4.35. The highest BCUT2D eigenvalue weighted by atomic mass is 16.5. The van der Waals surface area contributed by atoms with Crippen molar-refractivity contribution in [3.63, 3.8) is 0 Å². The van der Waals surface area contributed by atoms with Gasteiger partial charge in [-0.2, -0.15) is 5.06 Å². The number of hydrogen-bond acceptors (Lipinski definition) is 2. The molecule has 2 heteroatoms. The predicted octanol–water partition coefficient (Wildman–Crippen LogP) is 3.61. The highest BCUT2D eigenvalue weighted by Gasteiger charge is 2.23. The van der Waals surface area contributed by atoms with Crippen molar-refractivity contribution in [2.75, 3.05) is 6.54 Å². The van der Waals surface area contributed by atoms with E-state index in [9.17, 15) is 5.21 Å². The molecule has 1 unspecified atom stereocenters. The molecule has 88 valence electrons. The van der Waals surface area contributed by atoms with Gasteiger partial charge in [-0.05, 0) is 39.5 Å². The summed E-state index contributed by atoms with van der Waals surface area (Å²) in [5, 5.41) is 11.4. The maximum Gasteiger partial charge on any atom is 0.0424 e. The van der Waals surface area contributed by atoms with E-state index >= 15 is 0 Å². The quantitative estimate of drug-likeness (QED) is 0.567. The van der Waals surface area contributed by atoms with Crippen LogP contribution in [-0.2, 0) is 0 Å². The second-order valence-corrected chi connectivity index (χ2v) is 5.04. The Hall–Kier alpha value is -0.340. The fourth-order valence-corrected chi connectivity index (χ4v) is 2.30. The van der Waals surface area contributed by atoms with Crippen molar-refractivity contribution in [3.05, 3.63) is 11.6 Å². The van der Waals surface area contributed by atoms with Gasteiger partial charge in [0.25, 0.3) is 0 Å². The molecule has 0 saturated heterocycles. The second kappa shape index (κ2) is 6.29. The van der Waals surface area contributed by atoms with Crippen LogP contribution in [0.15, 0.2) is 11.6 Å². The van der Waals surface area contributed by atoms with Crippen LogP contribution in [0.5, 0.6) is 0 Å². The van der Waals surface area contributed by atoms with Crippen LogP contribution in [-0.4, -0.2) is 22.9 Å². The molecule has 0 radical (unpaired) electrons. The molecule has 0 bridgehead atoms. The van der Waals surface area contributed by atoms with Gasteiger partial charge in [-0.15, -0.1) is 0 Å². The Labute approximate surface area is 93.9 Å². The van der Waals surface area contributed by atoms with Gasteiger partial charge in [0, 0.05) is 12.6 Å². The normalized spacial score (nSPS) is 20.3. The first-order valence-corrected chi connectivity index (χ1v) is 6.20. The van der Waals surface area contributed by atoms with E-state index < -0.39 is 0 Å². The zero-order chi connectivity index (χ0) is 11.3. The van der Waals surface area contributed by atoms with Gasteiger partial charge in [-0.1, -0.05) is 30.9 Å². The van der Waals surface area contributed by atoms with Crippen molar-refractivity contribution >= 4 is 0 Å². The number of hydrogen-bond donors (Lipinski definition) is 1. The monoisotopic (exact) mass is 211 g/mol. The fourth-order valence-electron chi connectivity index (χ4n) is 2.30. The lowest BCUT2D eigenvalue weighted by Gasteiger charge is -2.32. The van der Waals surface area contributed by atoms with E-state index in [1.807, 2.05) is 0 Å². The Kier molecular flexibility index (Phi) is 5.34. The Morgan fingerprint density at radius 1 is 1.33 bits per heavy atom. The SMILES string of the molecule is CC(C)=CCN(O)C(C)C1CCCCC1. The molecule has 1 aliphatic rings. The average molecular weight is 211 g/mol. The van der Waals surface area contributed by atoms with Crippen molar-refractivity contribution < 1.29 is 5.21 Å². The minimum atomic E-state index is 0.306. The molecule has 15 heavy (non-hydrogen) atoms. The van der Waals surface area contributed by atoms with E-state index in [2.05, 4.69) is 26.8 Å². The first kappa shape index (κ1) is 12.7. The Bertz CT molecular complexity index is 203. The second-order valence-electron chi connectivity index (χ2n) is 5.04. The summed E-state index contributed by atoms with van der Waals surface area (Å²) in [6.45, 7) is 6.95. The minimum absolute atomic E-state index is 0.306. The standard InChI is InChI=1S/C13H25NO/c1-11(2)9-10-14(15)12(3)13-7-5-4-6-8-13/h9,12-13,15H,4-8,10H2,1-3H3. The molecule has 1 fully saturated rings. The molecule has 1 rings (SSSR count). The summed E-state index contributed by atoms with van der Waals surface area (Å²) in [6, 6.07) is 0.306. The Morgan fingerprint density at radius 3 is 2.47 bits per heavy atom. The summed E-state index contributed by atoms with van der Waals surface area (Å²) in [5.41, 5.74) is 1.27. The number of rotatable bonds is 4. The van der Waals surface area contributed by atoms with Crippen LogP contribution in [0, 0.1) is 5.92 Å². The van der Waals surface area contributed by atoms with Gasteiger partial charge in [-0.3, -0.25) is 0 Å². The van der Waals surface area contributed by atoms with Gasteiger partial charge >= 0.3 is 0 Å².